The molecule has 0 fully saturated rings. The van der Waals surface area contributed by atoms with Crippen molar-refractivity contribution in [2.45, 2.75) is 0 Å². The average molecular weight is 266 g/mol. The highest BCUT2D eigenvalue weighted by Gasteiger charge is 2.15. The van der Waals surface area contributed by atoms with Crippen LogP contribution in [0.25, 0.3) is 5.70 Å². The number of nitrogens with zero attached hydrogens (tertiary/aromatic N) is 2. The summed E-state index contributed by atoms with van der Waals surface area (Å²) in [7, 11) is 0. The second kappa shape index (κ2) is 5.76. The van der Waals surface area contributed by atoms with Gasteiger partial charge in [0.1, 0.15) is 0 Å². The summed E-state index contributed by atoms with van der Waals surface area (Å²) in [4.78, 5) is 0. The molecule has 0 N–H and O–H groups in total. The molecule has 94 valence electrons. The Morgan fingerprint density at radius 2 is 1.63 bits per heavy atom. The first-order valence-electron chi connectivity index (χ1n) is 6.17. The van der Waals surface area contributed by atoms with E-state index in [1.165, 1.54) is 5.56 Å². The van der Waals surface area contributed by atoms with E-state index < -0.39 is 0 Å². The summed E-state index contributed by atoms with van der Waals surface area (Å²) in [6, 6.07) is 20.5. The quantitative estimate of drug-likeness (QED) is 0.780. The highest BCUT2D eigenvalue weighted by molar-refractivity contribution is 8.02. The minimum atomic E-state index is 0.869. The molecule has 3 rings (SSSR count). The Hall–Kier alpha value is -2.00. The average Bonchev–Trinajstić information content (AvgIpc) is 2.95. The summed E-state index contributed by atoms with van der Waals surface area (Å²) < 4.78 is 0. The number of hydrogen-bond acceptors (Lipinski definition) is 3. The third-order valence-electron chi connectivity index (χ3n) is 2.89. The molecule has 2 aromatic rings. The van der Waals surface area contributed by atoms with Crippen molar-refractivity contribution < 1.29 is 0 Å². The van der Waals surface area contributed by atoms with Gasteiger partial charge in [0.15, 0.2) is 0 Å². The normalized spacial score (nSPS) is 14.9. The maximum Gasteiger partial charge on any atom is 0.0911 e. The molecule has 19 heavy (non-hydrogen) atoms. The Morgan fingerprint density at radius 3 is 2.37 bits per heavy atom. The first-order valence-corrected chi connectivity index (χ1v) is 7.22. The number of hydrazone groups is 1. The van der Waals surface area contributed by atoms with Crippen molar-refractivity contribution in [3.8, 4) is 0 Å². The van der Waals surface area contributed by atoms with Gasteiger partial charge < -0.3 is 0 Å². The van der Waals surface area contributed by atoms with E-state index in [0.29, 0.717) is 0 Å². The van der Waals surface area contributed by atoms with Gasteiger partial charge in [-0.25, -0.2) is 0 Å². The zero-order valence-corrected chi connectivity index (χ0v) is 11.3. The van der Waals surface area contributed by atoms with Crippen LogP contribution in [0.2, 0.25) is 0 Å². The summed E-state index contributed by atoms with van der Waals surface area (Å²) in [5.74, 6) is 0.869. The van der Waals surface area contributed by atoms with Crippen molar-refractivity contribution in [2.24, 2.45) is 5.10 Å². The fourth-order valence-corrected chi connectivity index (χ4v) is 2.75. The van der Waals surface area contributed by atoms with Crippen LogP contribution in [0.4, 0.5) is 0 Å². The minimum Gasteiger partial charge on any atom is -0.254 e. The Labute approximate surface area is 117 Å². The Balaban J connectivity index is 1.79. The highest BCUT2D eigenvalue weighted by atomic mass is 32.2. The SMILES string of the molecule is C(=NN1CSC=C1c1ccccc1)c1ccccc1. The van der Waals surface area contributed by atoms with Crippen LogP contribution < -0.4 is 0 Å². The maximum atomic E-state index is 4.57. The highest BCUT2D eigenvalue weighted by Crippen LogP contribution is 2.30. The predicted molar refractivity (Wildman–Crippen MR) is 82.8 cm³/mol. The summed E-state index contributed by atoms with van der Waals surface area (Å²) in [6.07, 6.45) is 1.91. The lowest BCUT2D eigenvalue weighted by molar-refractivity contribution is 0.507. The lowest BCUT2D eigenvalue weighted by atomic mass is 10.2. The van der Waals surface area contributed by atoms with Gasteiger partial charge in [-0.1, -0.05) is 60.7 Å². The van der Waals surface area contributed by atoms with E-state index in [4.69, 9.17) is 0 Å². The van der Waals surface area contributed by atoms with Crippen molar-refractivity contribution in [3.63, 3.8) is 0 Å². The van der Waals surface area contributed by atoms with Crippen molar-refractivity contribution in [3.05, 3.63) is 77.2 Å². The molecule has 0 bridgehead atoms. The molecule has 0 radical (unpaired) electrons. The number of hydrogen-bond donors (Lipinski definition) is 0. The molecule has 0 atom stereocenters. The molecule has 3 heteroatoms. The molecule has 0 unspecified atom stereocenters. The third kappa shape index (κ3) is 2.88. The van der Waals surface area contributed by atoms with Gasteiger partial charge >= 0.3 is 0 Å². The lowest BCUT2D eigenvalue weighted by Crippen LogP contribution is -2.11. The molecule has 1 aliphatic rings. The first kappa shape index (κ1) is 12.1. The first-order chi connectivity index (χ1) is 9.43. The molecule has 0 aromatic heterocycles. The van der Waals surface area contributed by atoms with E-state index in [9.17, 15) is 0 Å². The second-order valence-corrected chi connectivity index (χ2v) is 5.05. The van der Waals surface area contributed by atoms with Crippen LogP contribution in [0, 0.1) is 0 Å². The number of thioether (sulfide) groups is 1. The molecule has 0 aliphatic carbocycles. The predicted octanol–water partition coefficient (Wildman–Crippen LogP) is 4.03. The van der Waals surface area contributed by atoms with E-state index in [1.807, 2.05) is 35.5 Å². The Bertz CT molecular complexity index is 591. The largest absolute Gasteiger partial charge is 0.254 e. The van der Waals surface area contributed by atoms with Gasteiger partial charge in [0, 0.05) is 5.56 Å². The fourth-order valence-electron chi connectivity index (χ4n) is 1.91. The molecule has 1 heterocycles. The van der Waals surface area contributed by atoms with Crippen LogP contribution in [-0.2, 0) is 0 Å². The molecule has 0 amide bonds. The van der Waals surface area contributed by atoms with Gasteiger partial charge in [-0.05, 0) is 11.0 Å². The Kier molecular flexibility index (Phi) is 3.65. The molecule has 2 aromatic carbocycles. The van der Waals surface area contributed by atoms with Crippen LogP contribution in [0.5, 0.6) is 0 Å². The molecule has 1 aliphatic heterocycles. The van der Waals surface area contributed by atoms with E-state index >= 15 is 0 Å². The second-order valence-electron chi connectivity index (χ2n) is 4.22. The monoisotopic (exact) mass is 266 g/mol. The summed E-state index contributed by atoms with van der Waals surface area (Å²) >= 11 is 1.77. The van der Waals surface area contributed by atoms with Gasteiger partial charge in [0.2, 0.25) is 0 Å². The zero-order valence-electron chi connectivity index (χ0n) is 10.4. The van der Waals surface area contributed by atoms with Crippen LogP contribution >= 0.6 is 11.8 Å². The van der Waals surface area contributed by atoms with Gasteiger partial charge in [0.25, 0.3) is 0 Å². The van der Waals surface area contributed by atoms with Crippen LogP contribution in [0.3, 0.4) is 0 Å². The molecule has 0 saturated heterocycles. The van der Waals surface area contributed by atoms with Gasteiger partial charge in [-0.2, -0.15) is 5.10 Å². The van der Waals surface area contributed by atoms with Crippen LogP contribution in [0.15, 0.2) is 71.2 Å². The van der Waals surface area contributed by atoms with Crippen molar-refractivity contribution >= 4 is 23.7 Å². The lowest BCUT2D eigenvalue weighted by Gasteiger charge is -2.15. The van der Waals surface area contributed by atoms with Gasteiger partial charge in [-0.15, -0.1) is 11.8 Å². The van der Waals surface area contributed by atoms with Gasteiger partial charge in [-0.3, -0.25) is 5.01 Å². The topological polar surface area (TPSA) is 15.6 Å². The zero-order chi connectivity index (χ0) is 12.9. The summed E-state index contributed by atoms with van der Waals surface area (Å²) in [6.45, 7) is 0. The summed E-state index contributed by atoms with van der Waals surface area (Å²) in [5.41, 5.74) is 3.49. The van der Waals surface area contributed by atoms with Crippen molar-refractivity contribution in [1.29, 1.82) is 0 Å². The molecule has 2 nitrogen and oxygen atoms in total. The Morgan fingerprint density at radius 1 is 0.947 bits per heavy atom. The van der Waals surface area contributed by atoms with Crippen molar-refractivity contribution in [1.82, 2.24) is 5.01 Å². The van der Waals surface area contributed by atoms with E-state index in [0.717, 1.165) is 17.1 Å². The fraction of sp³-hybridized carbons (Fsp3) is 0.0625. The van der Waals surface area contributed by atoms with Crippen LogP contribution in [-0.4, -0.2) is 17.1 Å². The molecular weight excluding hydrogens is 252 g/mol. The number of benzene rings is 2. The summed E-state index contributed by atoms with van der Waals surface area (Å²) in [5, 5.41) is 8.77. The molecule has 0 spiro atoms. The smallest absolute Gasteiger partial charge is 0.0911 e. The van der Waals surface area contributed by atoms with Gasteiger partial charge in [0.05, 0.1) is 17.8 Å². The minimum absolute atomic E-state index is 0.869. The van der Waals surface area contributed by atoms with Crippen LogP contribution in [0.1, 0.15) is 11.1 Å². The maximum absolute atomic E-state index is 4.57. The number of rotatable bonds is 3. The van der Waals surface area contributed by atoms with Crippen molar-refractivity contribution in [2.75, 3.05) is 5.88 Å². The standard InChI is InChI=1S/C16H14N2S/c1-3-7-14(8-4-1)11-17-18-13-19-12-16(18)15-9-5-2-6-10-15/h1-12H,13H2. The molecule has 0 saturated carbocycles. The van der Waals surface area contributed by atoms with E-state index in [1.54, 1.807) is 11.8 Å². The van der Waals surface area contributed by atoms with E-state index in [-0.39, 0.29) is 0 Å². The third-order valence-corrected chi connectivity index (χ3v) is 3.67. The molecular formula is C16H14N2S. The van der Waals surface area contributed by atoms with E-state index in [2.05, 4.69) is 46.9 Å².